The molecule has 5 heteroatoms. The summed E-state index contributed by atoms with van der Waals surface area (Å²) in [5.74, 6) is 1.88. The summed E-state index contributed by atoms with van der Waals surface area (Å²) in [5.41, 5.74) is 3.00. The summed E-state index contributed by atoms with van der Waals surface area (Å²) in [4.78, 5) is 9.35. The van der Waals surface area contributed by atoms with Crippen LogP contribution < -0.4 is 9.47 Å². The number of hydrogen-bond acceptors (Lipinski definition) is 5. The van der Waals surface area contributed by atoms with Gasteiger partial charge in [0, 0.05) is 10.8 Å². The zero-order valence-electron chi connectivity index (χ0n) is 14.0. The van der Waals surface area contributed by atoms with Crippen LogP contribution in [0.25, 0.3) is 21.5 Å². The van der Waals surface area contributed by atoms with Crippen molar-refractivity contribution in [1.29, 1.82) is 0 Å². The highest BCUT2D eigenvalue weighted by molar-refractivity contribution is 7.13. The summed E-state index contributed by atoms with van der Waals surface area (Å²) in [5, 5.41) is 5.07. The Balaban J connectivity index is 2.23. The Morgan fingerprint density at radius 1 is 1.04 bits per heavy atom. The molecule has 0 unspecified atom stereocenters. The second-order valence-corrected chi connectivity index (χ2v) is 6.60. The number of aromatic nitrogens is 2. The van der Waals surface area contributed by atoms with Crippen LogP contribution in [0.5, 0.6) is 11.6 Å². The highest BCUT2D eigenvalue weighted by Gasteiger charge is 2.15. The number of thiazole rings is 1. The van der Waals surface area contributed by atoms with Gasteiger partial charge in [-0.05, 0) is 42.0 Å². The van der Waals surface area contributed by atoms with Crippen molar-refractivity contribution in [1.82, 2.24) is 9.97 Å². The van der Waals surface area contributed by atoms with Gasteiger partial charge in [-0.25, -0.2) is 9.97 Å². The minimum atomic E-state index is 0.407. The minimum Gasteiger partial charge on any atom is -0.496 e. The molecule has 1 aromatic carbocycles. The summed E-state index contributed by atoms with van der Waals surface area (Å²) in [6.45, 7) is 6.33. The monoisotopic (exact) mass is 328 g/mol. The van der Waals surface area contributed by atoms with Crippen molar-refractivity contribution in [2.24, 2.45) is 0 Å². The van der Waals surface area contributed by atoms with Crippen LogP contribution in [0, 0.1) is 6.92 Å². The third kappa shape index (κ3) is 2.77. The van der Waals surface area contributed by atoms with E-state index < -0.39 is 0 Å². The van der Waals surface area contributed by atoms with Gasteiger partial charge in [-0.2, -0.15) is 0 Å². The smallest absolute Gasteiger partial charge is 0.221 e. The molecular formula is C18H20N2O2S. The number of ether oxygens (including phenoxy) is 2. The van der Waals surface area contributed by atoms with Gasteiger partial charge in [-0.15, -0.1) is 11.3 Å². The van der Waals surface area contributed by atoms with E-state index >= 15 is 0 Å². The van der Waals surface area contributed by atoms with Gasteiger partial charge in [0.05, 0.1) is 19.9 Å². The molecule has 0 N–H and O–H groups in total. The van der Waals surface area contributed by atoms with E-state index in [0.717, 1.165) is 38.5 Å². The molecular weight excluding hydrogens is 308 g/mol. The topological polar surface area (TPSA) is 44.2 Å². The highest BCUT2D eigenvalue weighted by atomic mass is 32.1. The first-order valence-electron chi connectivity index (χ1n) is 7.53. The number of aryl methyl sites for hydroxylation is 1. The molecule has 0 radical (unpaired) electrons. The molecule has 0 atom stereocenters. The van der Waals surface area contributed by atoms with E-state index in [1.54, 1.807) is 25.6 Å². The molecule has 0 amide bonds. The van der Waals surface area contributed by atoms with E-state index in [1.165, 1.54) is 0 Å². The minimum absolute atomic E-state index is 0.407. The Morgan fingerprint density at radius 3 is 2.43 bits per heavy atom. The van der Waals surface area contributed by atoms with Crippen LogP contribution >= 0.6 is 11.3 Å². The summed E-state index contributed by atoms with van der Waals surface area (Å²) in [7, 11) is 3.33. The first-order chi connectivity index (χ1) is 11.0. The van der Waals surface area contributed by atoms with Crippen molar-refractivity contribution in [3.05, 3.63) is 34.8 Å². The summed E-state index contributed by atoms with van der Waals surface area (Å²) in [6.07, 6.45) is 0. The van der Waals surface area contributed by atoms with Crippen LogP contribution in [0.1, 0.15) is 31.0 Å². The van der Waals surface area contributed by atoms with Crippen LogP contribution in [0.2, 0.25) is 0 Å². The molecule has 3 rings (SSSR count). The molecule has 0 aliphatic carbocycles. The number of benzene rings is 1. The molecule has 0 fully saturated rings. The molecule has 0 spiro atoms. The summed E-state index contributed by atoms with van der Waals surface area (Å²) >= 11 is 1.61. The van der Waals surface area contributed by atoms with E-state index in [2.05, 4.69) is 30.3 Å². The van der Waals surface area contributed by atoms with Gasteiger partial charge in [-0.3, -0.25) is 0 Å². The fourth-order valence-corrected chi connectivity index (χ4v) is 3.52. The Morgan fingerprint density at radius 2 is 1.83 bits per heavy atom. The van der Waals surface area contributed by atoms with Gasteiger partial charge in [0.1, 0.15) is 16.5 Å². The lowest BCUT2D eigenvalue weighted by molar-refractivity contribution is 0.403. The third-order valence-corrected chi connectivity index (χ3v) is 4.83. The number of nitrogens with zero attached hydrogens (tertiary/aromatic N) is 2. The average molecular weight is 328 g/mol. The molecule has 2 heterocycles. The van der Waals surface area contributed by atoms with Crippen molar-refractivity contribution in [3.8, 4) is 22.3 Å². The van der Waals surface area contributed by atoms with Gasteiger partial charge in [0.15, 0.2) is 0 Å². The average Bonchev–Trinajstić information content (AvgIpc) is 3.05. The second-order valence-electron chi connectivity index (χ2n) is 5.74. The van der Waals surface area contributed by atoms with Crippen LogP contribution in [-0.4, -0.2) is 24.2 Å². The molecule has 23 heavy (non-hydrogen) atoms. The van der Waals surface area contributed by atoms with Crippen molar-refractivity contribution >= 4 is 22.1 Å². The normalized spacial score (nSPS) is 11.2. The first-order valence-corrected chi connectivity index (χ1v) is 8.41. The number of rotatable bonds is 4. The van der Waals surface area contributed by atoms with Gasteiger partial charge in [-0.1, -0.05) is 13.8 Å². The van der Waals surface area contributed by atoms with Crippen molar-refractivity contribution in [3.63, 3.8) is 0 Å². The predicted octanol–water partition coefficient (Wildman–Crippen LogP) is 4.81. The molecule has 3 aromatic rings. The van der Waals surface area contributed by atoms with E-state index in [1.807, 2.05) is 19.1 Å². The molecule has 2 aromatic heterocycles. The number of hydrogen-bond donors (Lipinski definition) is 0. The molecule has 0 saturated carbocycles. The van der Waals surface area contributed by atoms with Gasteiger partial charge in [0.2, 0.25) is 5.88 Å². The number of fused-ring (bicyclic) bond motifs is 1. The Labute approximate surface area is 140 Å². The standard InChI is InChI=1S/C18H20N2O2S/c1-10(2)15-9-23-18(20-15)14-8-13-11(3)16(21-4)7-6-12(13)17(19-14)22-5/h6-10H,1-5H3. The maximum Gasteiger partial charge on any atom is 0.221 e. The quantitative estimate of drug-likeness (QED) is 0.689. The van der Waals surface area contributed by atoms with E-state index in [0.29, 0.717) is 11.8 Å². The zero-order valence-corrected chi connectivity index (χ0v) is 14.8. The first kappa shape index (κ1) is 15.7. The maximum absolute atomic E-state index is 5.50. The summed E-state index contributed by atoms with van der Waals surface area (Å²) < 4.78 is 10.9. The fourth-order valence-electron chi connectivity index (χ4n) is 2.57. The Hall–Kier alpha value is -2.14. The fraction of sp³-hybridized carbons (Fsp3) is 0.333. The van der Waals surface area contributed by atoms with Crippen molar-refractivity contribution in [2.45, 2.75) is 26.7 Å². The number of methoxy groups -OCH3 is 2. The van der Waals surface area contributed by atoms with Crippen LogP contribution in [0.4, 0.5) is 0 Å². The van der Waals surface area contributed by atoms with Crippen LogP contribution in [-0.2, 0) is 0 Å². The molecule has 0 saturated heterocycles. The van der Waals surface area contributed by atoms with Gasteiger partial charge >= 0.3 is 0 Å². The van der Waals surface area contributed by atoms with Crippen LogP contribution in [0.3, 0.4) is 0 Å². The van der Waals surface area contributed by atoms with Crippen LogP contribution in [0.15, 0.2) is 23.6 Å². The maximum atomic E-state index is 5.50. The SMILES string of the molecule is COc1ccc2c(OC)nc(-c3nc(C(C)C)cs3)cc2c1C. The van der Waals surface area contributed by atoms with Crippen molar-refractivity contribution < 1.29 is 9.47 Å². The lowest BCUT2D eigenvalue weighted by atomic mass is 10.0. The zero-order chi connectivity index (χ0) is 16.6. The lowest BCUT2D eigenvalue weighted by Gasteiger charge is -2.12. The highest BCUT2D eigenvalue weighted by Crippen LogP contribution is 2.36. The Kier molecular flexibility index (Phi) is 4.22. The van der Waals surface area contributed by atoms with E-state index in [4.69, 9.17) is 14.5 Å². The molecule has 0 aliphatic rings. The molecule has 120 valence electrons. The third-order valence-electron chi connectivity index (χ3n) is 3.94. The number of pyridine rings is 1. The van der Waals surface area contributed by atoms with E-state index in [-0.39, 0.29) is 0 Å². The largest absolute Gasteiger partial charge is 0.496 e. The molecule has 4 nitrogen and oxygen atoms in total. The summed E-state index contributed by atoms with van der Waals surface area (Å²) in [6, 6.07) is 6.00. The lowest BCUT2D eigenvalue weighted by Crippen LogP contribution is -1.95. The van der Waals surface area contributed by atoms with Crippen molar-refractivity contribution in [2.75, 3.05) is 14.2 Å². The molecule has 0 bridgehead atoms. The van der Waals surface area contributed by atoms with Gasteiger partial charge < -0.3 is 9.47 Å². The Bertz CT molecular complexity index is 856. The van der Waals surface area contributed by atoms with E-state index in [9.17, 15) is 0 Å². The predicted molar refractivity (Wildman–Crippen MR) is 94.8 cm³/mol. The van der Waals surface area contributed by atoms with Gasteiger partial charge in [0.25, 0.3) is 0 Å². The molecule has 0 aliphatic heterocycles. The second kappa shape index (κ2) is 6.16.